The molecule has 1 aromatic carbocycles. The summed E-state index contributed by atoms with van der Waals surface area (Å²) in [5.41, 5.74) is 0. The summed E-state index contributed by atoms with van der Waals surface area (Å²) >= 11 is 1.54. The molecule has 74 valence electrons. The Morgan fingerprint density at radius 3 is 2.27 bits per heavy atom. The van der Waals surface area contributed by atoms with Crippen molar-refractivity contribution in [2.24, 2.45) is 0 Å². The molecule has 0 atom stereocenters. The number of aromatic nitrogens is 1. The van der Waals surface area contributed by atoms with Gasteiger partial charge in [-0.25, -0.2) is 0 Å². The zero-order valence-corrected chi connectivity index (χ0v) is 9.18. The maximum Gasteiger partial charge on any atom is 0.265 e. The van der Waals surface area contributed by atoms with Gasteiger partial charge < -0.3 is 15.4 Å². The summed E-state index contributed by atoms with van der Waals surface area (Å²) in [5.74, 6) is 0. The normalized spacial score (nSPS) is 14.1. The molecule has 15 heavy (non-hydrogen) atoms. The van der Waals surface area contributed by atoms with Gasteiger partial charge in [-0.15, -0.1) is 0 Å². The average Bonchev–Trinajstić information content (AvgIpc) is 2.80. The van der Waals surface area contributed by atoms with Crippen LogP contribution in [-0.4, -0.2) is 27.0 Å². The fourth-order valence-corrected chi connectivity index (χ4v) is 1.91. The van der Waals surface area contributed by atoms with Crippen LogP contribution in [0.25, 0.3) is 10.1 Å². The van der Waals surface area contributed by atoms with E-state index in [2.05, 4.69) is 31.9 Å². The zero-order valence-electron chi connectivity index (χ0n) is 8.36. The summed E-state index contributed by atoms with van der Waals surface area (Å²) in [6.07, 6.45) is 1.89. The van der Waals surface area contributed by atoms with E-state index in [1.165, 1.54) is 21.6 Å². The first-order chi connectivity index (χ1) is 7.47. The second-order valence-electron chi connectivity index (χ2n) is 3.14. The largest absolute Gasteiger partial charge is 0.378 e. The fourth-order valence-electron chi connectivity index (χ4n) is 1.26. The SMILES string of the molecule is B1NBNBN1.c1ccc2sncc2c1. The molecule has 0 aliphatic carbocycles. The molecule has 1 saturated heterocycles. The number of rotatable bonds is 0. The Labute approximate surface area is 94.9 Å². The van der Waals surface area contributed by atoms with Gasteiger partial charge in [-0.05, 0) is 17.6 Å². The second kappa shape index (κ2) is 5.92. The molecule has 0 saturated carbocycles. The van der Waals surface area contributed by atoms with Gasteiger partial charge in [0.05, 0.1) is 4.70 Å². The molecule has 3 rings (SSSR count). The highest BCUT2D eigenvalue weighted by molar-refractivity contribution is 7.13. The molecule has 2 aromatic rings. The molecular weight excluding hydrogens is 205 g/mol. The minimum Gasteiger partial charge on any atom is -0.378 e. The van der Waals surface area contributed by atoms with Crippen molar-refractivity contribution >= 4 is 44.3 Å². The Morgan fingerprint density at radius 2 is 1.67 bits per heavy atom. The van der Waals surface area contributed by atoms with Crippen LogP contribution in [0.4, 0.5) is 0 Å². The molecule has 1 aromatic heterocycles. The minimum atomic E-state index is 0.938. The van der Waals surface area contributed by atoms with Gasteiger partial charge in [-0.2, -0.15) is 4.37 Å². The Kier molecular flexibility index (Phi) is 4.22. The Bertz CT molecular complexity index is 364. The minimum absolute atomic E-state index is 0.938. The molecule has 1 aliphatic heterocycles. The molecule has 0 unspecified atom stereocenters. The van der Waals surface area contributed by atoms with E-state index in [-0.39, 0.29) is 0 Å². The van der Waals surface area contributed by atoms with Gasteiger partial charge in [0, 0.05) is 11.6 Å². The van der Waals surface area contributed by atoms with E-state index in [1.807, 2.05) is 18.3 Å². The van der Waals surface area contributed by atoms with Crippen molar-refractivity contribution in [1.82, 2.24) is 19.8 Å². The molecule has 0 radical (unpaired) electrons. The van der Waals surface area contributed by atoms with Crippen molar-refractivity contribution in [3.8, 4) is 0 Å². The topological polar surface area (TPSA) is 49.0 Å². The van der Waals surface area contributed by atoms with Gasteiger partial charge in [0.2, 0.25) is 0 Å². The van der Waals surface area contributed by atoms with Crippen molar-refractivity contribution in [2.45, 2.75) is 0 Å². The average molecular weight is 216 g/mol. The highest BCUT2D eigenvalue weighted by Gasteiger charge is 1.97. The number of fused-ring (bicyclic) bond motifs is 1. The lowest BCUT2D eigenvalue weighted by Crippen LogP contribution is -2.55. The van der Waals surface area contributed by atoms with Crippen LogP contribution in [0.15, 0.2) is 30.5 Å². The quantitative estimate of drug-likeness (QED) is 0.487. The number of hydrogen-bond donors (Lipinski definition) is 3. The van der Waals surface area contributed by atoms with Crippen LogP contribution in [-0.2, 0) is 0 Å². The maximum absolute atomic E-state index is 4.04. The van der Waals surface area contributed by atoms with E-state index in [0.29, 0.717) is 0 Å². The summed E-state index contributed by atoms with van der Waals surface area (Å²) in [6, 6.07) is 8.20. The molecule has 0 bridgehead atoms. The van der Waals surface area contributed by atoms with Crippen molar-refractivity contribution in [3.63, 3.8) is 0 Å². The molecule has 0 spiro atoms. The third-order valence-electron chi connectivity index (χ3n) is 2.01. The van der Waals surface area contributed by atoms with Crippen molar-refractivity contribution in [1.29, 1.82) is 0 Å². The fraction of sp³-hybridized carbons (Fsp3) is 0. The van der Waals surface area contributed by atoms with E-state index in [9.17, 15) is 0 Å². The van der Waals surface area contributed by atoms with Crippen LogP contribution in [0.1, 0.15) is 0 Å². The van der Waals surface area contributed by atoms with Gasteiger partial charge in [-0.1, -0.05) is 18.2 Å². The summed E-state index contributed by atoms with van der Waals surface area (Å²) < 4.78 is 5.30. The Hall–Kier alpha value is -0.815. The first kappa shape index (κ1) is 10.7. The second-order valence-corrected chi connectivity index (χ2v) is 3.98. The van der Waals surface area contributed by atoms with E-state index >= 15 is 0 Å². The van der Waals surface area contributed by atoms with Crippen molar-refractivity contribution in [2.75, 3.05) is 0 Å². The van der Waals surface area contributed by atoms with Gasteiger partial charge >= 0.3 is 0 Å². The smallest absolute Gasteiger partial charge is 0.265 e. The van der Waals surface area contributed by atoms with Gasteiger partial charge in [-0.3, -0.25) is 0 Å². The number of nitrogens with one attached hydrogen (secondary N) is 3. The highest BCUT2D eigenvalue weighted by Crippen LogP contribution is 2.15. The summed E-state index contributed by atoms with van der Waals surface area (Å²) in [4.78, 5) is 0. The molecule has 2 heterocycles. The van der Waals surface area contributed by atoms with E-state index in [1.54, 1.807) is 0 Å². The van der Waals surface area contributed by atoms with Crippen LogP contribution in [0.5, 0.6) is 0 Å². The summed E-state index contributed by atoms with van der Waals surface area (Å²) in [6.45, 7) is 0. The van der Waals surface area contributed by atoms with E-state index < -0.39 is 0 Å². The lowest BCUT2D eigenvalue weighted by molar-refractivity contribution is 1.28. The molecular formula is C7H11B3N4S. The summed E-state index contributed by atoms with van der Waals surface area (Å²) in [5, 5.41) is 10.4. The first-order valence-electron chi connectivity index (χ1n) is 4.88. The van der Waals surface area contributed by atoms with E-state index in [0.717, 1.165) is 22.6 Å². The van der Waals surface area contributed by atoms with Crippen LogP contribution in [0.3, 0.4) is 0 Å². The molecule has 3 N–H and O–H groups in total. The van der Waals surface area contributed by atoms with Crippen LogP contribution >= 0.6 is 11.5 Å². The zero-order chi connectivity index (χ0) is 10.3. The summed E-state index contributed by atoms with van der Waals surface area (Å²) in [7, 11) is 2.81. The van der Waals surface area contributed by atoms with Crippen LogP contribution < -0.4 is 15.4 Å². The van der Waals surface area contributed by atoms with Gasteiger partial charge in [0.1, 0.15) is 0 Å². The van der Waals surface area contributed by atoms with Gasteiger partial charge in [0.15, 0.2) is 0 Å². The third-order valence-corrected chi connectivity index (χ3v) is 2.79. The Morgan fingerprint density at radius 1 is 1.00 bits per heavy atom. The predicted molar refractivity (Wildman–Crippen MR) is 70.5 cm³/mol. The van der Waals surface area contributed by atoms with Crippen LogP contribution in [0.2, 0.25) is 0 Å². The monoisotopic (exact) mass is 216 g/mol. The molecule has 1 fully saturated rings. The number of benzene rings is 1. The highest BCUT2D eigenvalue weighted by atomic mass is 32.1. The van der Waals surface area contributed by atoms with Crippen molar-refractivity contribution < 1.29 is 0 Å². The standard InChI is InChI=1S/C7H5NS.B3H6N3/c1-2-4-7-6(3-1)5-8-9-7;1-4-2-6-3-5-1/h1-5H;1-6H. The molecule has 8 heteroatoms. The first-order valence-corrected chi connectivity index (χ1v) is 5.66. The lowest BCUT2D eigenvalue weighted by atomic mass is 9.85. The number of nitrogens with zero attached hydrogens (tertiary/aromatic N) is 1. The third kappa shape index (κ3) is 3.35. The van der Waals surface area contributed by atoms with Gasteiger partial charge in [0.25, 0.3) is 22.6 Å². The number of hydrogen-bond acceptors (Lipinski definition) is 5. The molecule has 4 nitrogen and oxygen atoms in total. The van der Waals surface area contributed by atoms with Crippen molar-refractivity contribution in [3.05, 3.63) is 30.5 Å². The Balaban J connectivity index is 0.000000124. The lowest BCUT2D eigenvalue weighted by Gasteiger charge is -2.08. The predicted octanol–water partition coefficient (Wildman–Crippen LogP) is -1.14. The maximum atomic E-state index is 4.04. The van der Waals surface area contributed by atoms with E-state index in [4.69, 9.17) is 0 Å². The van der Waals surface area contributed by atoms with Crippen LogP contribution in [0, 0.1) is 0 Å². The molecule has 1 aliphatic rings. The molecule has 0 amide bonds.